The van der Waals surface area contributed by atoms with Crippen molar-refractivity contribution >= 4 is 0 Å². The first-order chi connectivity index (χ1) is 6.76. The summed E-state index contributed by atoms with van der Waals surface area (Å²) >= 11 is 0. The van der Waals surface area contributed by atoms with Gasteiger partial charge in [-0.2, -0.15) is 0 Å². The molecular weight excluding hydrogens is 180 g/mol. The van der Waals surface area contributed by atoms with Crippen molar-refractivity contribution in [3.8, 4) is 0 Å². The number of aliphatic hydroxyl groups is 2. The van der Waals surface area contributed by atoms with E-state index in [4.69, 9.17) is 9.84 Å². The Balaban J connectivity index is 3.42. The zero-order valence-electron chi connectivity index (χ0n) is 9.41. The molecule has 0 heterocycles. The largest absolute Gasteiger partial charge is 0.396 e. The van der Waals surface area contributed by atoms with Crippen LogP contribution in [0.2, 0.25) is 0 Å². The van der Waals surface area contributed by atoms with Crippen molar-refractivity contribution in [3.05, 3.63) is 0 Å². The minimum atomic E-state index is -0.394. The molecule has 14 heavy (non-hydrogen) atoms. The molecule has 2 atom stereocenters. The Morgan fingerprint density at radius 3 is 2.43 bits per heavy atom. The van der Waals surface area contributed by atoms with Crippen LogP contribution in [0.1, 0.15) is 39.5 Å². The van der Waals surface area contributed by atoms with Crippen LogP contribution in [0.4, 0.5) is 0 Å². The Labute approximate surface area is 87.1 Å². The van der Waals surface area contributed by atoms with Gasteiger partial charge in [-0.15, -0.1) is 0 Å². The molecule has 0 rings (SSSR count). The van der Waals surface area contributed by atoms with E-state index in [1.54, 1.807) is 0 Å². The standard InChI is InChI=1S/C11H24O3/c1-3-5-7-14-8-6-10(9-12)11(13)4-2/h10-13H,3-9H2,1-2H3. The molecule has 0 aromatic rings. The predicted octanol–water partition coefficient (Wildman–Crippen LogP) is 1.57. The fraction of sp³-hybridized carbons (Fsp3) is 1.00. The van der Waals surface area contributed by atoms with Gasteiger partial charge in [-0.3, -0.25) is 0 Å². The maximum absolute atomic E-state index is 9.50. The van der Waals surface area contributed by atoms with Gasteiger partial charge in [0.25, 0.3) is 0 Å². The highest BCUT2D eigenvalue weighted by Crippen LogP contribution is 2.11. The molecule has 0 aliphatic heterocycles. The lowest BCUT2D eigenvalue weighted by Gasteiger charge is -2.19. The van der Waals surface area contributed by atoms with Gasteiger partial charge in [0.15, 0.2) is 0 Å². The van der Waals surface area contributed by atoms with Crippen LogP contribution < -0.4 is 0 Å². The maximum Gasteiger partial charge on any atom is 0.0588 e. The molecule has 0 aliphatic carbocycles. The molecule has 3 nitrogen and oxygen atoms in total. The first-order valence-corrected chi connectivity index (χ1v) is 5.62. The average molecular weight is 204 g/mol. The molecule has 3 heteroatoms. The topological polar surface area (TPSA) is 49.7 Å². The van der Waals surface area contributed by atoms with Crippen LogP contribution in [-0.2, 0) is 4.74 Å². The van der Waals surface area contributed by atoms with Gasteiger partial charge in [0.05, 0.1) is 6.10 Å². The normalized spacial score (nSPS) is 15.4. The smallest absolute Gasteiger partial charge is 0.0588 e. The van der Waals surface area contributed by atoms with Crippen LogP contribution >= 0.6 is 0 Å². The second-order valence-corrected chi connectivity index (χ2v) is 3.67. The summed E-state index contributed by atoms with van der Waals surface area (Å²) in [4.78, 5) is 0. The van der Waals surface area contributed by atoms with Gasteiger partial charge in [-0.25, -0.2) is 0 Å². The summed E-state index contributed by atoms with van der Waals surface area (Å²) in [5.41, 5.74) is 0. The van der Waals surface area contributed by atoms with Crippen LogP contribution in [0, 0.1) is 5.92 Å². The van der Waals surface area contributed by atoms with E-state index >= 15 is 0 Å². The van der Waals surface area contributed by atoms with Crippen molar-refractivity contribution in [2.45, 2.75) is 45.6 Å². The van der Waals surface area contributed by atoms with E-state index in [0.717, 1.165) is 25.9 Å². The highest BCUT2D eigenvalue weighted by Gasteiger charge is 2.15. The molecule has 2 unspecified atom stereocenters. The minimum Gasteiger partial charge on any atom is -0.396 e. The molecule has 0 saturated carbocycles. The van der Waals surface area contributed by atoms with E-state index in [9.17, 15) is 5.11 Å². The van der Waals surface area contributed by atoms with Crippen LogP contribution in [0.25, 0.3) is 0 Å². The van der Waals surface area contributed by atoms with E-state index in [-0.39, 0.29) is 12.5 Å². The van der Waals surface area contributed by atoms with Gasteiger partial charge in [0, 0.05) is 25.7 Å². The molecular formula is C11H24O3. The summed E-state index contributed by atoms with van der Waals surface area (Å²) < 4.78 is 5.38. The van der Waals surface area contributed by atoms with Crippen LogP contribution in [-0.4, -0.2) is 36.1 Å². The third kappa shape index (κ3) is 6.35. The molecule has 0 aromatic carbocycles. The number of aliphatic hydroxyl groups excluding tert-OH is 2. The molecule has 2 N–H and O–H groups in total. The number of ether oxygens (including phenoxy) is 1. The van der Waals surface area contributed by atoms with Crippen LogP contribution in [0.3, 0.4) is 0 Å². The lowest BCUT2D eigenvalue weighted by molar-refractivity contribution is 0.0343. The fourth-order valence-corrected chi connectivity index (χ4v) is 1.32. The third-order valence-electron chi connectivity index (χ3n) is 2.47. The zero-order chi connectivity index (χ0) is 10.8. The van der Waals surface area contributed by atoms with Crippen molar-refractivity contribution in [2.24, 2.45) is 5.92 Å². The van der Waals surface area contributed by atoms with Crippen molar-refractivity contribution in [1.29, 1.82) is 0 Å². The maximum atomic E-state index is 9.50. The highest BCUT2D eigenvalue weighted by atomic mass is 16.5. The lowest BCUT2D eigenvalue weighted by Crippen LogP contribution is -2.24. The van der Waals surface area contributed by atoms with Gasteiger partial charge >= 0.3 is 0 Å². The van der Waals surface area contributed by atoms with Crippen molar-refractivity contribution < 1.29 is 14.9 Å². The Kier molecular flexibility index (Phi) is 9.35. The highest BCUT2D eigenvalue weighted by molar-refractivity contribution is 4.66. The summed E-state index contributed by atoms with van der Waals surface area (Å²) in [6.45, 7) is 5.53. The SMILES string of the molecule is CCCCOCCC(CO)C(O)CC. The number of hydrogen-bond donors (Lipinski definition) is 2. The van der Waals surface area contributed by atoms with E-state index < -0.39 is 6.10 Å². The van der Waals surface area contributed by atoms with Gasteiger partial charge < -0.3 is 14.9 Å². The summed E-state index contributed by atoms with van der Waals surface area (Å²) in [6.07, 6.45) is 3.27. The number of hydrogen-bond acceptors (Lipinski definition) is 3. The molecule has 0 aliphatic rings. The van der Waals surface area contributed by atoms with Crippen molar-refractivity contribution in [3.63, 3.8) is 0 Å². The third-order valence-corrected chi connectivity index (χ3v) is 2.47. The molecule has 0 bridgehead atoms. The second kappa shape index (κ2) is 9.44. The Bertz CT molecular complexity index is 117. The summed E-state index contributed by atoms with van der Waals surface area (Å²) in [6, 6.07) is 0. The van der Waals surface area contributed by atoms with E-state index in [2.05, 4.69) is 6.92 Å². The molecule has 0 radical (unpaired) electrons. The quantitative estimate of drug-likeness (QED) is 0.561. The molecule has 0 aromatic heterocycles. The average Bonchev–Trinajstić information content (AvgIpc) is 2.22. The Morgan fingerprint density at radius 1 is 1.21 bits per heavy atom. The van der Waals surface area contributed by atoms with Gasteiger partial charge in [-0.1, -0.05) is 20.3 Å². The Morgan fingerprint density at radius 2 is 1.93 bits per heavy atom. The first-order valence-electron chi connectivity index (χ1n) is 5.62. The molecule has 0 fully saturated rings. The molecule has 0 amide bonds. The van der Waals surface area contributed by atoms with E-state index in [1.165, 1.54) is 0 Å². The first kappa shape index (κ1) is 13.9. The summed E-state index contributed by atoms with van der Waals surface area (Å²) in [7, 11) is 0. The fourth-order valence-electron chi connectivity index (χ4n) is 1.32. The summed E-state index contributed by atoms with van der Waals surface area (Å²) in [5.74, 6) is -0.0263. The van der Waals surface area contributed by atoms with Gasteiger partial charge in [0.1, 0.15) is 0 Å². The van der Waals surface area contributed by atoms with Gasteiger partial charge in [0.2, 0.25) is 0 Å². The lowest BCUT2D eigenvalue weighted by atomic mass is 9.98. The monoisotopic (exact) mass is 204 g/mol. The van der Waals surface area contributed by atoms with Crippen molar-refractivity contribution in [2.75, 3.05) is 19.8 Å². The summed E-state index contributed by atoms with van der Waals surface area (Å²) in [5, 5.41) is 18.5. The molecule has 86 valence electrons. The second-order valence-electron chi connectivity index (χ2n) is 3.67. The van der Waals surface area contributed by atoms with E-state index in [1.807, 2.05) is 6.92 Å². The van der Waals surface area contributed by atoms with Gasteiger partial charge in [-0.05, 0) is 19.3 Å². The number of rotatable bonds is 9. The molecule has 0 saturated heterocycles. The number of unbranched alkanes of at least 4 members (excludes halogenated alkanes) is 1. The minimum absolute atomic E-state index is 0.0263. The predicted molar refractivity (Wildman–Crippen MR) is 57.2 cm³/mol. The Hall–Kier alpha value is -0.120. The van der Waals surface area contributed by atoms with Crippen LogP contribution in [0.5, 0.6) is 0 Å². The van der Waals surface area contributed by atoms with Crippen LogP contribution in [0.15, 0.2) is 0 Å². The zero-order valence-corrected chi connectivity index (χ0v) is 9.41. The van der Waals surface area contributed by atoms with Crippen molar-refractivity contribution in [1.82, 2.24) is 0 Å². The van der Waals surface area contributed by atoms with E-state index in [0.29, 0.717) is 13.0 Å². The molecule has 0 spiro atoms.